The lowest BCUT2D eigenvalue weighted by atomic mass is 10.2. The molecule has 10 heteroatoms. The first-order valence-electron chi connectivity index (χ1n) is 14.1. The van der Waals surface area contributed by atoms with Gasteiger partial charge in [-0.05, 0) is 48.5 Å². The minimum absolute atomic E-state index is 0.229. The number of nitrogens with zero attached hydrogens (tertiary/aromatic N) is 6. The van der Waals surface area contributed by atoms with Crippen LogP contribution in [0.15, 0.2) is 73.1 Å². The number of piperazine rings is 2. The highest BCUT2D eigenvalue weighted by Crippen LogP contribution is 2.19. The van der Waals surface area contributed by atoms with Gasteiger partial charge in [0.1, 0.15) is 48.6 Å². The molecule has 40 heavy (non-hydrogen) atoms. The normalized spacial score (nSPS) is 18.4. The first-order valence-corrected chi connectivity index (χ1v) is 14.1. The molecule has 0 unspecified atom stereocenters. The average molecular weight is 549 g/mol. The van der Waals surface area contributed by atoms with Crippen molar-refractivity contribution < 1.29 is 19.7 Å². The predicted molar refractivity (Wildman–Crippen MR) is 155 cm³/mol. The van der Waals surface area contributed by atoms with E-state index in [1.165, 1.54) is 0 Å². The largest absolute Gasteiger partial charge is 0.491 e. The van der Waals surface area contributed by atoms with Crippen LogP contribution in [-0.4, -0.2) is 121 Å². The fourth-order valence-electron chi connectivity index (χ4n) is 5.12. The number of anilines is 2. The molecule has 1 aromatic carbocycles. The Labute approximate surface area is 236 Å². The van der Waals surface area contributed by atoms with Crippen LogP contribution in [0.1, 0.15) is 0 Å². The van der Waals surface area contributed by atoms with Crippen molar-refractivity contribution in [1.29, 1.82) is 0 Å². The summed E-state index contributed by atoms with van der Waals surface area (Å²) < 4.78 is 11.6. The lowest BCUT2D eigenvalue weighted by Crippen LogP contribution is -2.49. The molecular weight excluding hydrogens is 508 g/mol. The number of rotatable bonds is 12. The number of ether oxygens (including phenoxy) is 2. The molecule has 3 aromatic rings. The maximum absolute atomic E-state index is 10.5. The molecule has 2 fully saturated rings. The summed E-state index contributed by atoms with van der Waals surface area (Å²) in [6.07, 6.45) is 2.50. The molecule has 0 bridgehead atoms. The van der Waals surface area contributed by atoms with Crippen molar-refractivity contribution in [2.75, 3.05) is 88.5 Å². The molecule has 2 aliphatic heterocycles. The third-order valence-electron chi connectivity index (χ3n) is 7.34. The molecule has 0 amide bonds. The van der Waals surface area contributed by atoms with Crippen LogP contribution < -0.4 is 19.3 Å². The monoisotopic (exact) mass is 548 g/mol. The maximum atomic E-state index is 10.5. The van der Waals surface area contributed by atoms with E-state index in [0.717, 1.165) is 64.0 Å². The van der Waals surface area contributed by atoms with E-state index in [4.69, 9.17) is 9.47 Å². The second-order valence-corrected chi connectivity index (χ2v) is 10.4. The van der Waals surface area contributed by atoms with Gasteiger partial charge in [-0.15, -0.1) is 0 Å². The predicted octanol–water partition coefficient (Wildman–Crippen LogP) is 1.60. The van der Waals surface area contributed by atoms with Gasteiger partial charge in [-0.25, -0.2) is 9.97 Å². The van der Waals surface area contributed by atoms with Crippen molar-refractivity contribution >= 4 is 11.6 Å². The average Bonchev–Trinajstić information content (AvgIpc) is 3.01. The van der Waals surface area contributed by atoms with Gasteiger partial charge in [0.2, 0.25) is 0 Å². The molecule has 10 nitrogen and oxygen atoms in total. The van der Waals surface area contributed by atoms with Crippen LogP contribution in [0.4, 0.5) is 11.6 Å². The number of aromatic nitrogens is 2. The van der Waals surface area contributed by atoms with E-state index in [9.17, 15) is 10.2 Å². The summed E-state index contributed by atoms with van der Waals surface area (Å²) in [5, 5.41) is 21.0. The van der Waals surface area contributed by atoms with Gasteiger partial charge >= 0.3 is 0 Å². The lowest BCUT2D eigenvalue weighted by molar-refractivity contribution is 0.0649. The van der Waals surface area contributed by atoms with Crippen LogP contribution in [-0.2, 0) is 0 Å². The van der Waals surface area contributed by atoms with Crippen LogP contribution in [0.3, 0.4) is 0 Å². The first kappa shape index (κ1) is 28.1. The van der Waals surface area contributed by atoms with Crippen LogP contribution in [0, 0.1) is 0 Å². The zero-order valence-electron chi connectivity index (χ0n) is 23.0. The number of aliphatic hydroxyl groups excluding tert-OH is 2. The van der Waals surface area contributed by atoms with Crippen molar-refractivity contribution in [2.24, 2.45) is 0 Å². The van der Waals surface area contributed by atoms with Crippen molar-refractivity contribution in [1.82, 2.24) is 19.8 Å². The van der Waals surface area contributed by atoms with E-state index >= 15 is 0 Å². The minimum Gasteiger partial charge on any atom is -0.491 e. The molecule has 2 aliphatic rings. The lowest BCUT2D eigenvalue weighted by Gasteiger charge is -2.36. The summed E-state index contributed by atoms with van der Waals surface area (Å²) in [7, 11) is 0. The summed E-state index contributed by atoms with van der Waals surface area (Å²) in [4.78, 5) is 17.9. The van der Waals surface area contributed by atoms with E-state index in [1.54, 1.807) is 0 Å². The Morgan fingerprint density at radius 2 is 0.975 bits per heavy atom. The Morgan fingerprint density at radius 3 is 1.32 bits per heavy atom. The topological polar surface area (TPSA) is 97.7 Å². The molecule has 2 N–H and O–H groups in total. The summed E-state index contributed by atoms with van der Waals surface area (Å²) >= 11 is 0. The molecule has 2 aromatic heterocycles. The molecule has 2 saturated heterocycles. The van der Waals surface area contributed by atoms with Crippen LogP contribution in [0.2, 0.25) is 0 Å². The molecule has 214 valence electrons. The molecule has 4 heterocycles. The molecule has 2 atom stereocenters. The summed E-state index contributed by atoms with van der Waals surface area (Å²) in [6, 6.07) is 19.3. The Kier molecular flexibility index (Phi) is 10.0. The van der Waals surface area contributed by atoms with E-state index in [-0.39, 0.29) is 13.2 Å². The van der Waals surface area contributed by atoms with E-state index < -0.39 is 12.2 Å². The van der Waals surface area contributed by atoms with Gasteiger partial charge in [0, 0.05) is 77.8 Å². The van der Waals surface area contributed by atoms with Crippen LogP contribution >= 0.6 is 0 Å². The second-order valence-electron chi connectivity index (χ2n) is 10.4. The highest BCUT2D eigenvalue weighted by Gasteiger charge is 2.21. The number of pyridine rings is 2. The van der Waals surface area contributed by atoms with Gasteiger partial charge in [0.05, 0.1) is 0 Å². The minimum atomic E-state index is -0.571. The molecule has 0 spiro atoms. The van der Waals surface area contributed by atoms with Gasteiger partial charge in [-0.2, -0.15) is 0 Å². The molecule has 5 rings (SSSR count). The highest BCUT2D eigenvalue weighted by molar-refractivity contribution is 5.39. The van der Waals surface area contributed by atoms with Crippen LogP contribution in [0.25, 0.3) is 0 Å². The Hall–Kier alpha value is -3.44. The summed E-state index contributed by atoms with van der Waals surface area (Å²) in [6.45, 7) is 8.71. The van der Waals surface area contributed by atoms with Crippen LogP contribution in [0.5, 0.6) is 11.5 Å². The third kappa shape index (κ3) is 8.28. The van der Waals surface area contributed by atoms with Crippen molar-refractivity contribution in [2.45, 2.75) is 12.2 Å². The standard InChI is InChI=1S/C30H40N6O4/c37-25(21-33-13-17-35(18-14-33)29-5-1-3-11-31-29)23-39-27-7-9-28(10-8-27)40-24-26(38)22-34-15-19-36(20-16-34)30-6-2-4-12-32-30/h1-12,25-26,37-38H,13-24H2/t25-,26-/m1/s1. The number of benzene rings is 1. The Balaban J connectivity index is 0.952. The van der Waals surface area contributed by atoms with Gasteiger partial charge < -0.3 is 29.5 Å². The SMILES string of the molecule is O[C@@H](COc1ccc(OC[C@H](O)CN2CCN(c3ccccn3)CC2)cc1)CN1CCN(c2ccccn2)CC1. The summed E-state index contributed by atoms with van der Waals surface area (Å²) in [5.74, 6) is 3.36. The third-order valence-corrected chi connectivity index (χ3v) is 7.34. The van der Waals surface area contributed by atoms with E-state index in [2.05, 4.69) is 29.6 Å². The summed E-state index contributed by atoms with van der Waals surface area (Å²) in [5.41, 5.74) is 0. The first-order chi connectivity index (χ1) is 19.6. The van der Waals surface area contributed by atoms with E-state index in [1.807, 2.05) is 73.1 Å². The number of β-amino-alcohol motifs (C(OH)–C–C–N with tert-alkyl or cyclic N) is 2. The maximum Gasteiger partial charge on any atom is 0.128 e. The van der Waals surface area contributed by atoms with Gasteiger partial charge in [0.15, 0.2) is 0 Å². The van der Waals surface area contributed by atoms with Crippen molar-refractivity contribution in [3.63, 3.8) is 0 Å². The zero-order valence-corrected chi connectivity index (χ0v) is 23.0. The number of hydrogen-bond acceptors (Lipinski definition) is 10. The molecular formula is C30H40N6O4. The smallest absolute Gasteiger partial charge is 0.128 e. The number of hydrogen-bond donors (Lipinski definition) is 2. The fourth-order valence-corrected chi connectivity index (χ4v) is 5.12. The number of aliphatic hydroxyl groups is 2. The van der Waals surface area contributed by atoms with Crippen molar-refractivity contribution in [3.8, 4) is 11.5 Å². The van der Waals surface area contributed by atoms with E-state index in [0.29, 0.717) is 24.6 Å². The molecule has 0 saturated carbocycles. The molecule has 0 aliphatic carbocycles. The highest BCUT2D eigenvalue weighted by atomic mass is 16.5. The fraction of sp³-hybridized carbons (Fsp3) is 0.467. The Bertz CT molecular complexity index is 1030. The van der Waals surface area contributed by atoms with Gasteiger partial charge in [-0.1, -0.05) is 12.1 Å². The zero-order chi connectivity index (χ0) is 27.6. The Morgan fingerprint density at radius 1 is 0.575 bits per heavy atom. The van der Waals surface area contributed by atoms with Crippen molar-refractivity contribution in [3.05, 3.63) is 73.1 Å². The quantitative estimate of drug-likeness (QED) is 0.347. The van der Waals surface area contributed by atoms with Gasteiger partial charge in [-0.3, -0.25) is 9.80 Å². The molecule has 0 radical (unpaired) electrons. The van der Waals surface area contributed by atoms with Gasteiger partial charge in [0.25, 0.3) is 0 Å². The second kappa shape index (κ2) is 14.3.